The van der Waals surface area contributed by atoms with Gasteiger partial charge in [-0.25, -0.2) is 0 Å². The fraction of sp³-hybridized carbons (Fsp3) is 0.308. The van der Waals surface area contributed by atoms with Crippen LogP contribution in [0.3, 0.4) is 0 Å². The first-order chi connectivity index (χ1) is 7.36. The van der Waals surface area contributed by atoms with E-state index in [2.05, 4.69) is 6.07 Å². The monoisotopic (exact) mass is 253 g/mol. The molecule has 0 unspecified atom stereocenters. The largest absolute Gasteiger partial charge is 0.252 e. The molecule has 1 heterocycles. The van der Waals surface area contributed by atoms with Crippen molar-refractivity contribution in [3.8, 4) is 0 Å². The third kappa shape index (κ3) is 1.79. The zero-order valence-electron chi connectivity index (χ0n) is 8.87. The lowest BCUT2D eigenvalue weighted by molar-refractivity contribution is 0.671. The molecule has 0 aliphatic heterocycles. The number of hydrogen-bond acceptors (Lipinski definition) is 1. The molecule has 16 heavy (non-hydrogen) atoms. The van der Waals surface area contributed by atoms with E-state index in [1.807, 2.05) is 18.2 Å². The molecule has 0 radical (unpaired) electrons. The molecule has 0 spiro atoms. The number of fused-ring (bicyclic) bond motifs is 2. The lowest BCUT2D eigenvalue weighted by Gasteiger charge is -2.17. The molecule has 3 heteroatoms. The van der Waals surface area contributed by atoms with Crippen LogP contribution in [-0.4, -0.2) is 4.98 Å². The van der Waals surface area contributed by atoms with Crippen molar-refractivity contribution >= 4 is 34.9 Å². The Morgan fingerprint density at radius 3 is 2.69 bits per heavy atom. The Balaban J connectivity index is 0.000000963. The third-order valence-electron chi connectivity index (χ3n) is 3.10. The summed E-state index contributed by atoms with van der Waals surface area (Å²) in [5.74, 6) is 0. The van der Waals surface area contributed by atoms with Gasteiger partial charge in [-0.2, -0.15) is 0 Å². The van der Waals surface area contributed by atoms with Gasteiger partial charge < -0.3 is 0 Å². The van der Waals surface area contributed by atoms with Crippen LogP contribution in [0.15, 0.2) is 24.3 Å². The first kappa shape index (κ1) is 11.7. The second kappa shape index (κ2) is 4.60. The van der Waals surface area contributed by atoms with Crippen LogP contribution in [-0.2, 0) is 12.8 Å². The van der Waals surface area contributed by atoms with Gasteiger partial charge in [-0.05, 0) is 37.3 Å². The first-order valence-corrected chi connectivity index (χ1v) is 5.80. The number of hydrogen-bond donors (Lipinski definition) is 0. The predicted molar refractivity (Wildman–Crippen MR) is 70.6 cm³/mol. The molecule has 0 amide bonds. The van der Waals surface area contributed by atoms with E-state index in [1.165, 1.54) is 24.1 Å². The van der Waals surface area contributed by atoms with Gasteiger partial charge in [0, 0.05) is 11.1 Å². The highest BCUT2D eigenvalue weighted by Gasteiger charge is 2.16. The zero-order valence-corrected chi connectivity index (χ0v) is 10.4. The number of pyridine rings is 1. The van der Waals surface area contributed by atoms with E-state index in [9.17, 15) is 0 Å². The summed E-state index contributed by atoms with van der Waals surface area (Å²) >= 11 is 6.42. The van der Waals surface area contributed by atoms with Gasteiger partial charge in [0.05, 0.1) is 10.5 Å². The van der Waals surface area contributed by atoms with Crippen molar-refractivity contribution in [1.29, 1.82) is 0 Å². The molecule has 2 aromatic rings. The Morgan fingerprint density at radius 2 is 1.81 bits per heavy atom. The molecule has 0 fully saturated rings. The molecule has 0 atom stereocenters. The molecule has 1 nitrogen and oxygen atoms in total. The van der Waals surface area contributed by atoms with Crippen LogP contribution < -0.4 is 0 Å². The van der Waals surface area contributed by atoms with Crippen LogP contribution >= 0.6 is 24.0 Å². The fourth-order valence-corrected chi connectivity index (χ4v) is 2.68. The minimum Gasteiger partial charge on any atom is -0.252 e. The minimum atomic E-state index is 0. The van der Waals surface area contributed by atoms with Crippen LogP contribution in [0.25, 0.3) is 10.9 Å². The van der Waals surface area contributed by atoms with E-state index >= 15 is 0 Å². The second-order valence-electron chi connectivity index (χ2n) is 4.08. The molecule has 0 bridgehead atoms. The summed E-state index contributed by atoms with van der Waals surface area (Å²) in [4.78, 5) is 4.69. The van der Waals surface area contributed by atoms with Gasteiger partial charge in [0.25, 0.3) is 0 Å². The number of para-hydroxylation sites is 1. The standard InChI is InChI=1S/C13H12ClN.ClH/c14-13-9-5-1-3-7-11(9)15-12-8-4-2-6-10(12)13;/h1,3,5,7H,2,4,6,8H2;1H. The van der Waals surface area contributed by atoms with Crippen molar-refractivity contribution in [1.82, 2.24) is 4.98 Å². The molecule has 0 saturated carbocycles. The highest BCUT2D eigenvalue weighted by atomic mass is 35.5. The van der Waals surface area contributed by atoms with Crippen LogP contribution in [0.1, 0.15) is 24.1 Å². The van der Waals surface area contributed by atoms with E-state index in [0.717, 1.165) is 28.8 Å². The van der Waals surface area contributed by atoms with Gasteiger partial charge in [-0.15, -0.1) is 12.4 Å². The summed E-state index contributed by atoms with van der Waals surface area (Å²) < 4.78 is 0. The Hall–Kier alpha value is -0.790. The normalized spacial score (nSPS) is 14.3. The molecule has 84 valence electrons. The maximum Gasteiger partial charge on any atom is 0.0720 e. The Bertz CT molecular complexity index is 523. The summed E-state index contributed by atoms with van der Waals surface area (Å²) in [6.07, 6.45) is 4.66. The van der Waals surface area contributed by atoms with Gasteiger partial charge in [0.2, 0.25) is 0 Å². The van der Waals surface area contributed by atoms with Crippen LogP contribution in [0.4, 0.5) is 0 Å². The van der Waals surface area contributed by atoms with Gasteiger partial charge in [0.1, 0.15) is 0 Å². The quantitative estimate of drug-likeness (QED) is 0.687. The molecular formula is C13H13Cl2N. The summed E-state index contributed by atoms with van der Waals surface area (Å²) in [5, 5.41) is 2.02. The SMILES string of the molecule is Cl.Clc1c2c(nc3ccccc13)CCCC2. The molecule has 0 N–H and O–H groups in total. The van der Waals surface area contributed by atoms with E-state index in [0.29, 0.717) is 0 Å². The number of benzene rings is 1. The van der Waals surface area contributed by atoms with Crippen molar-refractivity contribution in [2.75, 3.05) is 0 Å². The van der Waals surface area contributed by atoms with Crippen molar-refractivity contribution in [3.63, 3.8) is 0 Å². The summed E-state index contributed by atoms with van der Waals surface area (Å²) in [5.41, 5.74) is 3.52. The van der Waals surface area contributed by atoms with Gasteiger partial charge in [0.15, 0.2) is 0 Å². The molecule has 3 rings (SSSR count). The van der Waals surface area contributed by atoms with Gasteiger partial charge in [-0.1, -0.05) is 29.8 Å². The number of rotatable bonds is 0. The summed E-state index contributed by atoms with van der Waals surface area (Å²) in [6.45, 7) is 0. The van der Waals surface area contributed by atoms with Gasteiger partial charge >= 0.3 is 0 Å². The predicted octanol–water partition coefficient (Wildman–Crippen LogP) is 4.19. The van der Waals surface area contributed by atoms with Crippen LogP contribution in [0, 0.1) is 0 Å². The fourth-order valence-electron chi connectivity index (χ4n) is 2.31. The first-order valence-electron chi connectivity index (χ1n) is 5.42. The topological polar surface area (TPSA) is 12.9 Å². The molecule has 1 aliphatic rings. The molecule has 1 aliphatic carbocycles. The number of aryl methyl sites for hydroxylation is 1. The van der Waals surface area contributed by atoms with Gasteiger partial charge in [-0.3, -0.25) is 4.98 Å². The lowest BCUT2D eigenvalue weighted by atomic mass is 9.94. The molecule has 1 aromatic heterocycles. The summed E-state index contributed by atoms with van der Waals surface area (Å²) in [6, 6.07) is 8.13. The van der Waals surface area contributed by atoms with Crippen molar-refractivity contribution < 1.29 is 0 Å². The number of halogens is 2. The van der Waals surface area contributed by atoms with E-state index in [4.69, 9.17) is 16.6 Å². The van der Waals surface area contributed by atoms with E-state index in [-0.39, 0.29) is 12.4 Å². The number of aromatic nitrogens is 1. The smallest absolute Gasteiger partial charge is 0.0720 e. The second-order valence-corrected chi connectivity index (χ2v) is 4.45. The zero-order chi connectivity index (χ0) is 10.3. The van der Waals surface area contributed by atoms with Crippen LogP contribution in [0.2, 0.25) is 5.02 Å². The summed E-state index contributed by atoms with van der Waals surface area (Å²) in [7, 11) is 0. The van der Waals surface area contributed by atoms with Crippen molar-refractivity contribution in [3.05, 3.63) is 40.5 Å². The van der Waals surface area contributed by atoms with E-state index < -0.39 is 0 Å². The van der Waals surface area contributed by atoms with Crippen LogP contribution in [0.5, 0.6) is 0 Å². The highest BCUT2D eigenvalue weighted by Crippen LogP contribution is 2.32. The average molecular weight is 254 g/mol. The third-order valence-corrected chi connectivity index (χ3v) is 3.53. The molecule has 0 saturated heterocycles. The van der Waals surface area contributed by atoms with E-state index in [1.54, 1.807) is 0 Å². The maximum atomic E-state index is 6.42. The highest BCUT2D eigenvalue weighted by molar-refractivity contribution is 6.36. The minimum absolute atomic E-state index is 0. The maximum absolute atomic E-state index is 6.42. The average Bonchev–Trinajstić information content (AvgIpc) is 2.30. The molecule has 1 aromatic carbocycles. The Kier molecular flexibility index (Phi) is 3.36. The lowest BCUT2D eigenvalue weighted by Crippen LogP contribution is -2.06. The Morgan fingerprint density at radius 1 is 1.06 bits per heavy atom. The number of nitrogens with zero attached hydrogens (tertiary/aromatic N) is 1. The van der Waals surface area contributed by atoms with Crippen molar-refractivity contribution in [2.45, 2.75) is 25.7 Å². The molecular weight excluding hydrogens is 241 g/mol. The van der Waals surface area contributed by atoms with Crippen molar-refractivity contribution in [2.24, 2.45) is 0 Å². The Labute approximate surface area is 106 Å².